The van der Waals surface area contributed by atoms with Gasteiger partial charge in [-0.15, -0.1) is 0 Å². The quantitative estimate of drug-likeness (QED) is 0.510. The van der Waals surface area contributed by atoms with Crippen molar-refractivity contribution < 1.29 is 19.1 Å². The van der Waals surface area contributed by atoms with Crippen LogP contribution in [0.2, 0.25) is 0 Å². The summed E-state index contributed by atoms with van der Waals surface area (Å²) in [7, 11) is 0. The molecule has 9 heteroatoms. The van der Waals surface area contributed by atoms with E-state index in [0.29, 0.717) is 12.2 Å². The third-order valence-corrected chi connectivity index (χ3v) is 3.78. The molecular weight excluding hydrogens is 380 g/mol. The third kappa shape index (κ3) is 6.86. The first kappa shape index (κ1) is 19.8. The number of amides is 4. The Morgan fingerprint density at radius 3 is 2.58 bits per heavy atom. The van der Waals surface area contributed by atoms with Crippen LogP contribution in [-0.2, 0) is 9.59 Å². The van der Waals surface area contributed by atoms with Crippen molar-refractivity contribution in [1.29, 1.82) is 0 Å². The van der Waals surface area contributed by atoms with E-state index in [2.05, 4.69) is 32.1 Å². The van der Waals surface area contributed by atoms with Gasteiger partial charge in [0.25, 0.3) is 11.8 Å². The third-order valence-electron chi connectivity index (χ3n) is 3.28. The highest BCUT2D eigenvalue weighted by Gasteiger charge is 2.25. The number of carbonyl (C=O) groups excluding carboxylic acids is 3. The van der Waals surface area contributed by atoms with Gasteiger partial charge in [-0.1, -0.05) is 42.3 Å². The maximum Gasteiger partial charge on any atom is 0.312 e. The molecule has 132 valence electrons. The van der Waals surface area contributed by atoms with E-state index in [9.17, 15) is 14.4 Å². The summed E-state index contributed by atoms with van der Waals surface area (Å²) < 4.78 is 6.11. The topological polar surface area (TPSA) is 123 Å². The van der Waals surface area contributed by atoms with Crippen molar-refractivity contribution in [2.45, 2.75) is 26.3 Å². The highest BCUT2D eigenvalue weighted by molar-refractivity contribution is 9.10. The molecule has 0 radical (unpaired) electrons. The van der Waals surface area contributed by atoms with Gasteiger partial charge in [0.05, 0.1) is 0 Å². The molecule has 1 aromatic rings. The lowest BCUT2D eigenvalue weighted by atomic mass is 9.99. The van der Waals surface area contributed by atoms with Crippen molar-refractivity contribution in [3.8, 4) is 5.75 Å². The van der Waals surface area contributed by atoms with E-state index in [0.717, 1.165) is 4.47 Å². The van der Waals surface area contributed by atoms with Crippen LogP contribution in [0.15, 0.2) is 28.7 Å². The van der Waals surface area contributed by atoms with Crippen LogP contribution in [0.1, 0.15) is 20.3 Å². The predicted molar refractivity (Wildman–Crippen MR) is 91.9 cm³/mol. The molecule has 0 aromatic heterocycles. The van der Waals surface area contributed by atoms with Crippen molar-refractivity contribution in [1.82, 2.24) is 16.2 Å². The molecule has 0 spiro atoms. The predicted octanol–water partition coefficient (Wildman–Crippen LogP) is 1.06. The summed E-state index contributed by atoms with van der Waals surface area (Å²) in [4.78, 5) is 34.8. The molecule has 2 atom stereocenters. The fraction of sp³-hybridized carbons (Fsp3) is 0.400. The van der Waals surface area contributed by atoms with E-state index in [4.69, 9.17) is 10.5 Å². The van der Waals surface area contributed by atoms with Crippen LogP contribution in [-0.4, -0.2) is 30.5 Å². The van der Waals surface area contributed by atoms with Crippen LogP contribution in [0.4, 0.5) is 4.79 Å². The number of primary amides is 1. The lowest BCUT2D eigenvalue weighted by Crippen LogP contribution is -2.56. The number of rotatable bonds is 7. The first-order chi connectivity index (χ1) is 11.3. The molecule has 5 N–H and O–H groups in total. The van der Waals surface area contributed by atoms with Crippen LogP contribution in [0.5, 0.6) is 5.75 Å². The maximum atomic E-state index is 12.1. The average Bonchev–Trinajstić information content (AvgIpc) is 2.54. The highest BCUT2D eigenvalue weighted by Crippen LogP contribution is 2.17. The number of nitrogens with two attached hydrogens (primary N) is 1. The van der Waals surface area contributed by atoms with Crippen LogP contribution >= 0.6 is 15.9 Å². The Labute approximate surface area is 148 Å². The summed E-state index contributed by atoms with van der Waals surface area (Å²) >= 11 is 3.29. The molecule has 24 heavy (non-hydrogen) atoms. The van der Waals surface area contributed by atoms with Crippen molar-refractivity contribution >= 4 is 33.8 Å². The molecule has 0 aliphatic carbocycles. The molecule has 0 bridgehead atoms. The van der Waals surface area contributed by atoms with Crippen molar-refractivity contribution in [2.75, 3.05) is 6.61 Å². The number of benzene rings is 1. The summed E-state index contributed by atoms with van der Waals surface area (Å²) in [6, 6.07) is 5.37. The van der Waals surface area contributed by atoms with Gasteiger partial charge in [-0.3, -0.25) is 20.4 Å². The smallest absolute Gasteiger partial charge is 0.312 e. The van der Waals surface area contributed by atoms with Crippen molar-refractivity contribution in [2.24, 2.45) is 11.7 Å². The molecule has 0 saturated carbocycles. The molecule has 1 aromatic carbocycles. The number of carbonyl (C=O) groups is 3. The lowest BCUT2D eigenvalue weighted by molar-refractivity contribution is -0.131. The Balaban J connectivity index is 2.46. The molecule has 0 aliphatic heterocycles. The molecule has 8 nitrogen and oxygen atoms in total. The Hall–Kier alpha value is -2.29. The minimum atomic E-state index is -0.834. The number of hydrazine groups is 1. The Morgan fingerprint density at radius 2 is 2.00 bits per heavy atom. The van der Waals surface area contributed by atoms with E-state index in [1.54, 1.807) is 25.1 Å². The zero-order valence-electron chi connectivity index (χ0n) is 13.5. The fourth-order valence-electron chi connectivity index (χ4n) is 1.81. The number of urea groups is 1. The highest BCUT2D eigenvalue weighted by atomic mass is 79.9. The molecule has 0 aliphatic rings. The van der Waals surface area contributed by atoms with Crippen LogP contribution in [0, 0.1) is 5.92 Å². The zero-order valence-corrected chi connectivity index (χ0v) is 15.1. The molecule has 4 amide bonds. The van der Waals surface area contributed by atoms with Gasteiger partial charge in [0.2, 0.25) is 0 Å². The largest absolute Gasteiger partial charge is 0.484 e. The first-order valence-corrected chi connectivity index (χ1v) is 8.15. The van der Waals surface area contributed by atoms with E-state index in [-0.39, 0.29) is 12.5 Å². The van der Waals surface area contributed by atoms with E-state index in [1.165, 1.54) is 0 Å². The summed E-state index contributed by atoms with van der Waals surface area (Å²) in [6.07, 6.45) is 0.651. The van der Waals surface area contributed by atoms with Gasteiger partial charge >= 0.3 is 6.03 Å². The van der Waals surface area contributed by atoms with Gasteiger partial charge in [0.15, 0.2) is 6.61 Å². The molecule has 0 fully saturated rings. The number of ether oxygens (including phenoxy) is 1. The van der Waals surface area contributed by atoms with Crippen LogP contribution in [0.25, 0.3) is 0 Å². The Morgan fingerprint density at radius 1 is 1.29 bits per heavy atom. The second-order valence-corrected chi connectivity index (χ2v) is 6.07. The average molecular weight is 401 g/mol. The molecule has 1 rings (SSSR count). The van der Waals surface area contributed by atoms with Gasteiger partial charge in [-0.05, 0) is 24.1 Å². The minimum Gasteiger partial charge on any atom is -0.484 e. The lowest BCUT2D eigenvalue weighted by Gasteiger charge is -2.22. The second kappa shape index (κ2) is 9.76. The van der Waals surface area contributed by atoms with Gasteiger partial charge in [0.1, 0.15) is 11.8 Å². The standard InChI is InChI=1S/C15H21BrN4O4/c1-3-9(2)13(18-15(17)23)14(22)20-19-12(21)8-24-11-6-4-5-10(16)7-11/h4-7,9,13H,3,8H2,1-2H3,(H,19,21)(H,20,22)(H3,17,18,23)/t9-,13-/m0/s1. The molecule has 0 unspecified atom stereocenters. The van der Waals surface area contributed by atoms with Gasteiger partial charge in [-0.25, -0.2) is 4.79 Å². The minimum absolute atomic E-state index is 0.146. The molecular formula is C15H21BrN4O4. The van der Waals surface area contributed by atoms with Gasteiger partial charge in [-0.2, -0.15) is 0 Å². The van der Waals surface area contributed by atoms with Gasteiger partial charge < -0.3 is 15.8 Å². The second-order valence-electron chi connectivity index (χ2n) is 5.16. The van der Waals surface area contributed by atoms with Crippen LogP contribution < -0.4 is 26.6 Å². The zero-order chi connectivity index (χ0) is 18.1. The van der Waals surface area contributed by atoms with E-state index >= 15 is 0 Å². The summed E-state index contributed by atoms with van der Waals surface area (Å²) in [6.45, 7) is 3.39. The van der Waals surface area contributed by atoms with Crippen molar-refractivity contribution in [3.63, 3.8) is 0 Å². The van der Waals surface area contributed by atoms with Gasteiger partial charge in [0, 0.05) is 4.47 Å². The Kier molecular flexibility index (Phi) is 8.03. The first-order valence-electron chi connectivity index (χ1n) is 7.36. The van der Waals surface area contributed by atoms with Crippen molar-refractivity contribution in [3.05, 3.63) is 28.7 Å². The molecule has 0 saturated heterocycles. The molecule has 0 heterocycles. The summed E-state index contributed by atoms with van der Waals surface area (Å²) in [5, 5.41) is 2.36. The van der Waals surface area contributed by atoms with Crippen LogP contribution in [0.3, 0.4) is 0 Å². The number of hydrogen-bond donors (Lipinski definition) is 4. The maximum absolute atomic E-state index is 12.1. The normalized spacial score (nSPS) is 12.6. The number of hydrogen-bond acceptors (Lipinski definition) is 4. The fourth-order valence-corrected chi connectivity index (χ4v) is 2.18. The summed E-state index contributed by atoms with van der Waals surface area (Å²) in [5.41, 5.74) is 9.55. The monoisotopic (exact) mass is 400 g/mol. The number of halogens is 1. The summed E-state index contributed by atoms with van der Waals surface area (Å²) in [5.74, 6) is -0.727. The number of nitrogens with one attached hydrogen (secondary N) is 3. The van der Waals surface area contributed by atoms with E-state index in [1.807, 2.05) is 13.0 Å². The SMILES string of the molecule is CC[C@H](C)[C@H](NC(N)=O)C(=O)NNC(=O)COc1cccc(Br)c1. The Bertz CT molecular complexity index is 597. The van der Waals surface area contributed by atoms with E-state index < -0.39 is 23.9 Å².